The second-order valence-electron chi connectivity index (χ2n) is 15.4. The van der Waals surface area contributed by atoms with Crippen molar-refractivity contribution < 1.29 is 0 Å². The Labute approximate surface area is 351 Å². The third-order valence-corrected chi connectivity index (χ3v) is 14.1. The van der Waals surface area contributed by atoms with Crippen molar-refractivity contribution in [2.24, 2.45) is 0 Å². The zero-order valence-electron chi connectivity index (χ0n) is 31.9. The lowest BCUT2D eigenvalue weighted by molar-refractivity contribution is 1.36. The third-order valence-electron chi connectivity index (χ3n) is 11.8. The van der Waals surface area contributed by atoms with Gasteiger partial charge in [0.1, 0.15) is 0 Å². The topological polar surface area (TPSA) is 51.6 Å². The van der Waals surface area contributed by atoms with Crippen LogP contribution in [-0.4, -0.2) is 19.9 Å². The molecule has 0 N–H and O–H groups in total. The summed E-state index contributed by atoms with van der Waals surface area (Å²) < 4.78 is 5.18. The highest BCUT2D eigenvalue weighted by molar-refractivity contribution is 7.26. The predicted molar refractivity (Wildman–Crippen MR) is 255 cm³/mol. The van der Waals surface area contributed by atoms with E-state index in [1.807, 2.05) is 22.7 Å². The molecule has 6 aromatic heterocycles. The van der Waals surface area contributed by atoms with Crippen molar-refractivity contribution in [3.63, 3.8) is 0 Å². The number of thiophene rings is 2. The van der Waals surface area contributed by atoms with Gasteiger partial charge in [0, 0.05) is 84.1 Å². The number of nitrogens with zero attached hydrogens (tertiary/aromatic N) is 4. The maximum atomic E-state index is 5.30. The van der Waals surface area contributed by atoms with Crippen LogP contribution in [0.5, 0.6) is 0 Å². The Bertz CT molecular complexity index is 3670. The molecule has 0 amide bonds. The van der Waals surface area contributed by atoms with Gasteiger partial charge in [0.15, 0.2) is 0 Å². The van der Waals surface area contributed by atoms with Crippen LogP contribution in [0.25, 0.3) is 129 Å². The molecule has 6 heterocycles. The van der Waals surface area contributed by atoms with Gasteiger partial charge in [-0.3, -0.25) is 0 Å². The molecule has 4 nitrogen and oxygen atoms in total. The first-order valence-corrected chi connectivity index (χ1v) is 21.7. The maximum Gasteiger partial charge on any atom is 0.0972 e. The molecule has 0 fully saturated rings. The van der Waals surface area contributed by atoms with Crippen LogP contribution < -0.4 is 0 Å². The van der Waals surface area contributed by atoms with Crippen molar-refractivity contribution in [1.29, 1.82) is 0 Å². The number of hydrogen-bond acceptors (Lipinski definition) is 6. The molecule has 13 rings (SSSR count). The van der Waals surface area contributed by atoms with Gasteiger partial charge in [-0.2, -0.15) is 0 Å². The van der Waals surface area contributed by atoms with Gasteiger partial charge < -0.3 is 0 Å². The quantitative estimate of drug-likeness (QED) is 0.166. The average molecular weight is 799 g/mol. The fourth-order valence-electron chi connectivity index (χ4n) is 8.79. The lowest BCUT2D eigenvalue weighted by Crippen LogP contribution is -1.92. The molecule has 0 aliphatic carbocycles. The second kappa shape index (κ2) is 13.1. The van der Waals surface area contributed by atoms with Crippen molar-refractivity contribution in [2.75, 3.05) is 0 Å². The Balaban J connectivity index is 0.886. The van der Waals surface area contributed by atoms with Gasteiger partial charge in [-0.1, -0.05) is 115 Å². The van der Waals surface area contributed by atoms with Crippen molar-refractivity contribution >= 4 is 107 Å². The molecule has 0 bridgehead atoms. The Hall–Kier alpha value is -7.38. The van der Waals surface area contributed by atoms with Gasteiger partial charge in [0.25, 0.3) is 0 Å². The Morgan fingerprint density at radius 3 is 0.983 bits per heavy atom. The number of aromatic nitrogens is 4. The summed E-state index contributed by atoms with van der Waals surface area (Å²) in [6.07, 6.45) is 0. The highest BCUT2D eigenvalue weighted by atomic mass is 32.1. The number of rotatable bonds is 4. The molecule has 7 aromatic carbocycles. The highest BCUT2D eigenvalue weighted by Crippen LogP contribution is 2.39. The summed E-state index contributed by atoms with van der Waals surface area (Å²) in [4.78, 5) is 21.1. The molecule has 0 unspecified atom stereocenters. The maximum absolute atomic E-state index is 5.30. The smallest absolute Gasteiger partial charge is 0.0972 e. The number of fused-ring (bicyclic) bond motifs is 12. The van der Waals surface area contributed by atoms with Crippen LogP contribution in [-0.2, 0) is 0 Å². The summed E-state index contributed by atoms with van der Waals surface area (Å²) >= 11 is 3.67. The van der Waals surface area contributed by atoms with E-state index in [-0.39, 0.29) is 0 Å². The van der Waals surface area contributed by atoms with Crippen molar-refractivity contribution in [2.45, 2.75) is 0 Å². The first-order chi connectivity index (χ1) is 29.7. The first-order valence-electron chi connectivity index (χ1n) is 20.0. The van der Waals surface area contributed by atoms with Crippen LogP contribution in [0, 0.1) is 0 Å². The molecular weight excluding hydrogens is 769 g/mol. The van der Waals surface area contributed by atoms with Gasteiger partial charge in [0.05, 0.1) is 44.8 Å². The largest absolute Gasteiger partial charge is 0.245 e. The lowest BCUT2D eigenvalue weighted by atomic mass is 10.0. The summed E-state index contributed by atoms with van der Waals surface area (Å²) in [6, 6.07) is 64.8. The molecule has 13 aromatic rings. The predicted octanol–water partition coefficient (Wildman–Crippen LogP) is 15.3. The van der Waals surface area contributed by atoms with Gasteiger partial charge in [0.2, 0.25) is 0 Å². The van der Waals surface area contributed by atoms with Crippen LogP contribution in [0.1, 0.15) is 0 Å². The molecule has 0 atom stereocenters. The third kappa shape index (κ3) is 5.35. The van der Waals surface area contributed by atoms with E-state index < -0.39 is 0 Å². The van der Waals surface area contributed by atoms with Crippen LogP contribution >= 0.6 is 22.7 Å². The Kier molecular flexibility index (Phi) is 7.31. The van der Waals surface area contributed by atoms with Crippen molar-refractivity contribution in [3.8, 4) is 45.0 Å². The van der Waals surface area contributed by atoms with Crippen molar-refractivity contribution in [3.05, 3.63) is 182 Å². The summed E-state index contributed by atoms with van der Waals surface area (Å²) in [5.41, 5.74) is 11.5. The minimum atomic E-state index is 0.892. The molecule has 0 radical (unpaired) electrons. The SMILES string of the molecule is c1cc(-c2ccc3ccc4ccc(-c5ccc6sc7ccccc7c6c5)nc4c3n2)cc(-c2ccc3ccc4ccc(-c5ccc6sc7ccccc7c6c5)nc4c3n2)c1. The van der Waals surface area contributed by atoms with E-state index in [0.29, 0.717) is 0 Å². The van der Waals surface area contributed by atoms with E-state index in [4.69, 9.17) is 19.9 Å². The molecule has 0 saturated carbocycles. The zero-order valence-corrected chi connectivity index (χ0v) is 33.6. The lowest BCUT2D eigenvalue weighted by Gasteiger charge is -2.10. The minimum Gasteiger partial charge on any atom is -0.245 e. The monoisotopic (exact) mass is 798 g/mol. The van der Waals surface area contributed by atoms with Crippen LogP contribution in [0.3, 0.4) is 0 Å². The van der Waals surface area contributed by atoms with E-state index in [1.165, 1.54) is 40.3 Å². The second-order valence-corrected chi connectivity index (χ2v) is 17.6. The number of hydrogen-bond donors (Lipinski definition) is 0. The highest BCUT2D eigenvalue weighted by Gasteiger charge is 2.14. The fourth-order valence-corrected chi connectivity index (χ4v) is 11.0. The molecule has 0 aliphatic rings. The standard InChI is InChI=1S/C54H30N4S2/c1-3-10-47-39(8-1)41-29-37(20-26-49(41)59-47)45-24-18-33-14-12-31-16-22-43(55-51(31)53(33)57-45)35-6-5-7-36(28-35)44-23-17-32-13-15-34-19-25-46(58-54(34)52(32)56-44)38-21-27-50-42(30-38)40-9-2-4-11-48(40)60-50/h1-30H. The molecular formula is C54H30N4S2. The minimum absolute atomic E-state index is 0.892. The van der Waals surface area contributed by atoms with Gasteiger partial charge in [-0.05, 0) is 66.7 Å². The average Bonchev–Trinajstić information content (AvgIpc) is 3.88. The molecule has 0 spiro atoms. The first kappa shape index (κ1) is 33.6. The van der Waals surface area contributed by atoms with E-state index in [0.717, 1.165) is 88.6 Å². The van der Waals surface area contributed by atoms with Crippen molar-refractivity contribution in [1.82, 2.24) is 19.9 Å². The summed E-state index contributed by atoms with van der Waals surface area (Å²) in [5.74, 6) is 0. The summed E-state index contributed by atoms with van der Waals surface area (Å²) in [5, 5.41) is 9.36. The summed E-state index contributed by atoms with van der Waals surface area (Å²) in [6.45, 7) is 0. The molecule has 0 saturated heterocycles. The van der Waals surface area contributed by atoms with E-state index >= 15 is 0 Å². The van der Waals surface area contributed by atoms with Gasteiger partial charge in [-0.15, -0.1) is 22.7 Å². The number of benzene rings is 7. The van der Waals surface area contributed by atoms with E-state index in [9.17, 15) is 0 Å². The number of pyridine rings is 4. The van der Waals surface area contributed by atoms with Crippen LogP contribution in [0.4, 0.5) is 0 Å². The van der Waals surface area contributed by atoms with E-state index in [1.54, 1.807) is 0 Å². The van der Waals surface area contributed by atoms with Gasteiger partial charge in [-0.25, -0.2) is 19.9 Å². The zero-order chi connectivity index (χ0) is 39.3. The molecule has 60 heavy (non-hydrogen) atoms. The molecule has 278 valence electrons. The van der Waals surface area contributed by atoms with Crippen LogP contribution in [0.15, 0.2) is 182 Å². The van der Waals surface area contributed by atoms with Gasteiger partial charge >= 0.3 is 0 Å². The Morgan fingerprint density at radius 1 is 0.250 bits per heavy atom. The fraction of sp³-hybridized carbons (Fsp3) is 0. The normalized spacial score (nSPS) is 12.0. The van der Waals surface area contributed by atoms with E-state index in [2.05, 4.69) is 182 Å². The van der Waals surface area contributed by atoms with Crippen LogP contribution in [0.2, 0.25) is 0 Å². The Morgan fingerprint density at radius 2 is 0.583 bits per heavy atom. The molecule has 6 heteroatoms. The molecule has 0 aliphatic heterocycles. The summed E-state index contributed by atoms with van der Waals surface area (Å²) in [7, 11) is 0.